The summed E-state index contributed by atoms with van der Waals surface area (Å²) in [6.07, 6.45) is 54.0. The molecule has 0 aliphatic rings. The Morgan fingerprint density at radius 2 is 0.833 bits per heavy atom. The van der Waals surface area contributed by atoms with Crippen molar-refractivity contribution in [2.24, 2.45) is 0 Å². The first-order chi connectivity index (χ1) is 26.5. The summed E-state index contributed by atoms with van der Waals surface area (Å²) in [4.78, 5) is 37.6. The van der Waals surface area contributed by atoms with E-state index in [-0.39, 0.29) is 31.1 Å². The molecule has 0 fully saturated rings. The lowest BCUT2D eigenvalue weighted by Gasteiger charge is -2.18. The second-order valence-corrected chi connectivity index (χ2v) is 13.6. The highest BCUT2D eigenvalue weighted by atomic mass is 16.6. The van der Waals surface area contributed by atoms with Gasteiger partial charge in [-0.1, -0.05) is 163 Å². The molecule has 0 rings (SSSR count). The molecule has 0 saturated carbocycles. The molecule has 0 aliphatic carbocycles. The Kier molecular flexibility index (Phi) is 39.2. The molecule has 0 heterocycles. The third-order valence-corrected chi connectivity index (χ3v) is 8.43. The number of unbranched alkanes of at least 4 members (excludes halogenated alkanes) is 13. The fourth-order valence-electron chi connectivity index (χ4n) is 5.27. The Bertz CT molecular complexity index is 1140. The van der Waals surface area contributed by atoms with E-state index in [1.807, 2.05) is 48.6 Å². The molecule has 54 heavy (non-hydrogen) atoms. The van der Waals surface area contributed by atoms with Crippen LogP contribution in [0.1, 0.15) is 168 Å². The number of hydrogen-bond acceptors (Lipinski definition) is 6. The van der Waals surface area contributed by atoms with Crippen molar-refractivity contribution in [1.29, 1.82) is 0 Å². The van der Waals surface area contributed by atoms with Crippen molar-refractivity contribution in [1.82, 2.24) is 0 Å². The SMILES string of the molecule is CC\C=C/C=C\C=C/C=C\C=C/CCCCCC(=O)OCC(COC(=O)CCC/C=C\CCCCCC)OC(=O)CCCCCCC/C=C\C/C=C\CC. The van der Waals surface area contributed by atoms with E-state index in [1.165, 1.54) is 25.7 Å². The Hall–Kier alpha value is -3.67. The number of carbonyl (C=O) groups excluding carboxylic acids is 3. The van der Waals surface area contributed by atoms with Crippen molar-refractivity contribution >= 4 is 17.9 Å². The second kappa shape index (κ2) is 42.1. The van der Waals surface area contributed by atoms with Crippen LogP contribution < -0.4 is 0 Å². The van der Waals surface area contributed by atoms with Crippen LogP contribution >= 0.6 is 0 Å². The molecule has 0 bridgehead atoms. The van der Waals surface area contributed by atoms with Crippen LogP contribution in [0.2, 0.25) is 0 Å². The van der Waals surface area contributed by atoms with Crippen molar-refractivity contribution in [3.05, 3.63) is 97.2 Å². The van der Waals surface area contributed by atoms with Gasteiger partial charge in [0, 0.05) is 19.3 Å². The van der Waals surface area contributed by atoms with Crippen molar-refractivity contribution < 1.29 is 28.6 Å². The highest BCUT2D eigenvalue weighted by Crippen LogP contribution is 2.11. The third-order valence-electron chi connectivity index (χ3n) is 8.43. The lowest BCUT2D eigenvalue weighted by Crippen LogP contribution is -2.30. The maximum atomic E-state index is 12.7. The van der Waals surface area contributed by atoms with Crippen LogP contribution in [0.5, 0.6) is 0 Å². The predicted molar refractivity (Wildman–Crippen MR) is 228 cm³/mol. The Morgan fingerprint density at radius 3 is 1.44 bits per heavy atom. The number of hydrogen-bond donors (Lipinski definition) is 0. The number of ether oxygens (including phenoxy) is 3. The summed E-state index contributed by atoms with van der Waals surface area (Å²) >= 11 is 0. The van der Waals surface area contributed by atoms with Crippen LogP contribution in [0.4, 0.5) is 0 Å². The first-order valence-corrected chi connectivity index (χ1v) is 21.3. The van der Waals surface area contributed by atoms with Gasteiger partial charge in [0.15, 0.2) is 6.10 Å². The highest BCUT2D eigenvalue weighted by molar-refractivity contribution is 5.71. The summed E-state index contributed by atoms with van der Waals surface area (Å²) in [5.74, 6) is -1.02. The maximum absolute atomic E-state index is 12.7. The molecule has 0 radical (unpaired) electrons. The monoisotopic (exact) mass is 749 g/mol. The molecule has 0 saturated heterocycles. The zero-order valence-electron chi connectivity index (χ0n) is 34.4. The molecular formula is C48H76O6. The molecule has 0 aromatic heterocycles. The minimum atomic E-state index is -0.811. The van der Waals surface area contributed by atoms with Gasteiger partial charge in [-0.2, -0.15) is 0 Å². The van der Waals surface area contributed by atoms with E-state index in [1.54, 1.807) is 0 Å². The molecule has 0 spiro atoms. The number of rotatable bonds is 36. The van der Waals surface area contributed by atoms with E-state index in [0.717, 1.165) is 96.3 Å². The van der Waals surface area contributed by atoms with Crippen LogP contribution in [0.25, 0.3) is 0 Å². The molecule has 1 unspecified atom stereocenters. The number of allylic oxidation sites excluding steroid dienone is 16. The largest absolute Gasteiger partial charge is 0.462 e. The molecule has 1 atom stereocenters. The molecule has 0 amide bonds. The summed E-state index contributed by atoms with van der Waals surface area (Å²) in [6, 6.07) is 0. The van der Waals surface area contributed by atoms with Crippen LogP contribution in [-0.4, -0.2) is 37.2 Å². The second-order valence-electron chi connectivity index (χ2n) is 13.6. The van der Waals surface area contributed by atoms with Gasteiger partial charge in [-0.05, 0) is 83.5 Å². The Labute approximate surface area is 330 Å². The zero-order valence-corrected chi connectivity index (χ0v) is 34.4. The number of carbonyl (C=O) groups is 3. The standard InChI is InChI=1S/C48H76O6/c1-4-7-10-13-16-19-21-23-24-25-27-29-32-35-38-41-47(50)53-44-45(43-52-46(49)40-37-34-31-28-18-15-12-9-6-3)54-48(51)42-39-36-33-30-26-22-20-17-14-11-8-5-2/h7-8,10-11,13,16-17,19-21,23-25,27-28,31,45H,4-6,9,12,14-15,18,22,26,29-30,32-44H2,1-3H3/b10-7-,11-8-,16-13-,20-17-,21-19-,24-23-,27-25-,31-28-. The van der Waals surface area contributed by atoms with Crippen molar-refractivity contribution in [2.45, 2.75) is 175 Å². The van der Waals surface area contributed by atoms with Gasteiger partial charge in [0.1, 0.15) is 13.2 Å². The minimum Gasteiger partial charge on any atom is -0.462 e. The number of esters is 3. The summed E-state index contributed by atoms with van der Waals surface area (Å²) in [5, 5.41) is 0. The lowest BCUT2D eigenvalue weighted by atomic mass is 10.1. The Balaban J connectivity index is 4.52. The lowest BCUT2D eigenvalue weighted by molar-refractivity contribution is -0.167. The van der Waals surface area contributed by atoms with Gasteiger partial charge in [0.2, 0.25) is 0 Å². The maximum Gasteiger partial charge on any atom is 0.306 e. The summed E-state index contributed by atoms with van der Waals surface area (Å²) in [7, 11) is 0. The molecule has 6 heteroatoms. The predicted octanol–water partition coefficient (Wildman–Crippen LogP) is 13.5. The molecular weight excluding hydrogens is 673 g/mol. The molecule has 0 aliphatic heterocycles. The summed E-state index contributed by atoms with van der Waals surface area (Å²) in [5.41, 5.74) is 0. The van der Waals surface area contributed by atoms with Crippen LogP contribution in [-0.2, 0) is 28.6 Å². The third kappa shape index (κ3) is 39.5. The molecule has 0 aromatic carbocycles. The van der Waals surface area contributed by atoms with E-state index in [4.69, 9.17) is 14.2 Å². The van der Waals surface area contributed by atoms with E-state index < -0.39 is 6.10 Å². The molecule has 0 aromatic rings. The van der Waals surface area contributed by atoms with E-state index in [9.17, 15) is 14.4 Å². The van der Waals surface area contributed by atoms with Gasteiger partial charge in [-0.25, -0.2) is 0 Å². The van der Waals surface area contributed by atoms with Crippen molar-refractivity contribution in [2.75, 3.05) is 13.2 Å². The summed E-state index contributed by atoms with van der Waals surface area (Å²) < 4.78 is 16.6. The normalized spacial score (nSPS) is 13.0. The topological polar surface area (TPSA) is 78.9 Å². The van der Waals surface area contributed by atoms with Crippen LogP contribution in [0.3, 0.4) is 0 Å². The molecule has 6 nitrogen and oxygen atoms in total. The highest BCUT2D eigenvalue weighted by Gasteiger charge is 2.19. The van der Waals surface area contributed by atoms with Crippen LogP contribution in [0.15, 0.2) is 97.2 Å². The average molecular weight is 749 g/mol. The average Bonchev–Trinajstić information content (AvgIpc) is 3.17. The van der Waals surface area contributed by atoms with E-state index in [2.05, 4.69) is 69.4 Å². The molecule has 304 valence electrons. The minimum absolute atomic E-state index is 0.115. The fraction of sp³-hybridized carbons (Fsp3) is 0.604. The fourth-order valence-corrected chi connectivity index (χ4v) is 5.27. The molecule has 0 N–H and O–H groups in total. The summed E-state index contributed by atoms with van der Waals surface area (Å²) in [6.45, 7) is 6.23. The van der Waals surface area contributed by atoms with E-state index >= 15 is 0 Å². The van der Waals surface area contributed by atoms with Gasteiger partial charge in [-0.15, -0.1) is 0 Å². The van der Waals surface area contributed by atoms with Gasteiger partial charge in [0.05, 0.1) is 0 Å². The first kappa shape index (κ1) is 50.3. The quantitative estimate of drug-likeness (QED) is 0.0209. The van der Waals surface area contributed by atoms with Crippen LogP contribution in [0, 0.1) is 0 Å². The van der Waals surface area contributed by atoms with Gasteiger partial charge >= 0.3 is 17.9 Å². The smallest absolute Gasteiger partial charge is 0.306 e. The van der Waals surface area contributed by atoms with Crippen molar-refractivity contribution in [3.63, 3.8) is 0 Å². The van der Waals surface area contributed by atoms with Crippen molar-refractivity contribution in [3.8, 4) is 0 Å². The van der Waals surface area contributed by atoms with Gasteiger partial charge in [0.25, 0.3) is 0 Å². The zero-order chi connectivity index (χ0) is 39.4. The first-order valence-electron chi connectivity index (χ1n) is 21.3. The van der Waals surface area contributed by atoms with Gasteiger partial charge in [-0.3, -0.25) is 14.4 Å². The Morgan fingerprint density at radius 1 is 0.407 bits per heavy atom. The van der Waals surface area contributed by atoms with Gasteiger partial charge < -0.3 is 14.2 Å². The van der Waals surface area contributed by atoms with E-state index in [0.29, 0.717) is 25.7 Å².